The second-order valence-corrected chi connectivity index (χ2v) is 6.54. The highest BCUT2D eigenvalue weighted by atomic mass is 35.5. The van der Waals surface area contributed by atoms with Crippen molar-refractivity contribution in [2.45, 2.75) is 65.4 Å². The summed E-state index contributed by atoms with van der Waals surface area (Å²) < 4.78 is 6.08. The van der Waals surface area contributed by atoms with E-state index in [9.17, 15) is 0 Å². The van der Waals surface area contributed by atoms with E-state index in [2.05, 4.69) is 30.7 Å². The summed E-state index contributed by atoms with van der Waals surface area (Å²) in [7, 11) is 0. The Hall–Kier alpha value is -0.830. The van der Waals surface area contributed by atoms with E-state index in [0.29, 0.717) is 16.4 Å². The van der Waals surface area contributed by atoms with Crippen LogP contribution in [0.5, 0.6) is 5.88 Å². The fraction of sp³-hybridized carbons (Fsp3) is 0.733. The summed E-state index contributed by atoms with van der Waals surface area (Å²) >= 11 is 6.14. The molecule has 4 heteroatoms. The molecule has 0 spiro atoms. The molecule has 0 amide bonds. The van der Waals surface area contributed by atoms with Crippen molar-refractivity contribution in [1.29, 1.82) is 0 Å². The average molecular weight is 283 g/mol. The summed E-state index contributed by atoms with van der Waals surface area (Å²) in [5, 5.41) is 0.531. The molecule has 0 saturated heterocycles. The lowest BCUT2D eigenvalue weighted by molar-refractivity contribution is 0.0938. The Morgan fingerprint density at radius 3 is 2.63 bits per heavy atom. The maximum absolute atomic E-state index is 6.14. The molecule has 0 aromatic carbocycles. The molecule has 2 rings (SSSR count). The van der Waals surface area contributed by atoms with Gasteiger partial charge in [0.2, 0.25) is 5.88 Å². The van der Waals surface area contributed by atoms with Gasteiger partial charge in [-0.15, -0.1) is 0 Å². The molecule has 0 unspecified atom stereocenters. The Balaban J connectivity index is 2.05. The fourth-order valence-electron chi connectivity index (χ4n) is 2.59. The second kappa shape index (κ2) is 6.08. The zero-order chi connectivity index (χ0) is 13.9. The lowest BCUT2D eigenvalue weighted by atomic mass is 9.76. The van der Waals surface area contributed by atoms with Crippen LogP contribution in [-0.4, -0.2) is 16.1 Å². The summed E-state index contributed by atoms with van der Waals surface area (Å²) in [6.45, 7) is 6.77. The highest BCUT2D eigenvalue weighted by Crippen LogP contribution is 2.37. The average Bonchev–Trinajstić information content (AvgIpc) is 2.36. The summed E-state index contributed by atoms with van der Waals surface area (Å²) in [6.07, 6.45) is 8.26. The van der Waals surface area contributed by atoms with Gasteiger partial charge in [-0.05, 0) is 37.5 Å². The van der Waals surface area contributed by atoms with Gasteiger partial charge in [-0.3, -0.25) is 0 Å². The minimum absolute atomic E-state index is 0.273. The highest BCUT2D eigenvalue weighted by molar-refractivity contribution is 6.30. The molecule has 1 aliphatic rings. The van der Waals surface area contributed by atoms with Crippen molar-refractivity contribution in [2.75, 3.05) is 0 Å². The van der Waals surface area contributed by atoms with E-state index in [1.165, 1.54) is 19.2 Å². The van der Waals surface area contributed by atoms with Crippen LogP contribution in [0.1, 0.15) is 58.4 Å². The summed E-state index contributed by atoms with van der Waals surface area (Å²) in [5.74, 6) is 0.687. The molecule has 1 aromatic rings. The van der Waals surface area contributed by atoms with E-state index < -0.39 is 0 Å². The van der Waals surface area contributed by atoms with Crippen molar-refractivity contribution in [1.82, 2.24) is 9.97 Å². The molecule has 0 atom stereocenters. The molecule has 0 aliphatic heterocycles. The normalized spacial score (nSPS) is 19.4. The Bertz CT molecular complexity index is 424. The number of halogens is 1. The van der Waals surface area contributed by atoms with Crippen LogP contribution in [0.4, 0.5) is 0 Å². The number of rotatable bonds is 4. The molecule has 1 aromatic heterocycles. The zero-order valence-electron chi connectivity index (χ0n) is 12.1. The standard InChI is InChI=1S/C15H23ClN2O/c1-4-5-12-13(16)17-10-18-14(12)19-11-6-8-15(2,3)9-7-11/h10-11H,4-9H2,1-3H3. The predicted molar refractivity (Wildman–Crippen MR) is 77.7 cm³/mol. The molecule has 1 fully saturated rings. The maximum atomic E-state index is 6.14. The molecular weight excluding hydrogens is 260 g/mol. The fourth-order valence-corrected chi connectivity index (χ4v) is 2.81. The lowest BCUT2D eigenvalue weighted by Gasteiger charge is -2.34. The van der Waals surface area contributed by atoms with Gasteiger partial charge in [-0.25, -0.2) is 9.97 Å². The van der Waals surface area contributed by atoms with E-state index in [1.807, 2.05) is 0 Å². The van der Waals surface area contributed by atoms with Gasteiger partial charge in [0.05, 0.1) is 5.56 Å². The van der Waals surface area contributed by atoms with E-state index >= 15 is 0 Å². The van der Waals surface area contributed by atoms with Crippen molar-refractivity contribution < 1.29 is 4.74 Å². The van der Waals surface area contributed by atoms with E-state index in [-0.39, 0.29) is 6.10 Å². The van der Waals surface area contributed by atoms with Crippen molar-refractivity contribution in [3.05, 3.63) is 17.0 Å². The lowest BCUT2D eigenvalue weighted by Crippen LogP contribution is -2.29. The molecule has 0 bridgehead atoms. The molecule has 1 heterocycles. The van der Waals surface area contributed by atoms with Gasteiger partial charge in [-0.2, -0.15) is 0 Å². The Labute approximate surface area is 120 Å². The zero-order valence-corrected chi connectivity index (χ0v) is 12.8. The van der Waals surface area contributed by atoms with Gasteiger partial charge in [-0.1, -0.05) is 38.8 Å². The Morgan fingerprint density at radius 1 is 1.32 bits per heavy atom. The van der Waals surface area contributed by atoms with Crippen LogP contribution in [0.15, 0.2) is 6.33 Å². The third kappa shape index (κ3) is 3.82. The first-order valence-corrected chi connectivity index (χ1v) is 7.55. The quantitative estimate of drug-likeness (QED) is 0.766. The van der Waals surface area contributed by atoms with Crippen LogP contribution in [0, 0.1) is 5.41 Å². The van der Waals surface area contributed by atoms with Gasteiger partial charge >= 0.3 is 0 Å². The van der Waals surface area contributed by atoms with Gasteiger partial charge in [0.1, 0.15) is 17.6 Å². The molecule has 19 heavy (non-hydrogen) atoms. The molecule has 1 aliphatic carbocycles. The third-order valence-corrected chi connectivity index (χ3v) is 4.24. The van der Waals surface area contributed by atoms with Crippen LogP contribution < -0.4 is 4.74 Å². The highest BCUT2D eigenvalue weighted by Gasteiger charge is 2.28. The molecule has 0 N–H and O–H groups in total. The van der Waals surface area contributed by atoms with Crippen LogP contribution in [0.3, 0.4) is 0 Å². The summed E-state index contributed by atoms with van der Waals surface area (Å²) in [6, 6.07) is 0. The second-order valence-electron chi connectivity index (χ2n) is 6.18. The van der Waals surface area contributed by atoms with Gasteiger partial charge in [0.15, 0.2) is 0 Å². The molecule has 1 saturated carbocycles. The molecule has 106 valence electrons. The van der Waals surface area contributed by atoms with Crippen molar-refractivity contribution in [3.63, 3.8) is 0 Å². The Kier molecular flexibility index (Phi) is 4.67. The van der Waals surface area contributed by atoms with Gasteiger partial charge in [0.25, 0.3) is 0 Å². The predicted octanol–water partition coefficient (Wildman–Crippen LogP) is 4.43. The number of aromatic nitrogens is 2. The smallest absolute Gasteiger partial charge is 0.221 e. The number of hydrogen-bond donors (Lipinski definition) is 0. The first-order chi connectivity index (χ1) is 9.02. The summed E-state index contributed by atoms with van der Waals surface area (Å²) in [5.41, 5.74) is 1.41. The monoisotopic (exact) mass is 282 g/mol. The topological polar surface area (TPSA) is 35.0 Å². The van der Waals surface area contributed by atoms with E-state index in [4.69, 9.17) is 16.3 Å². The SMILES string of the molecule is CCCc1c(Cl)ncnc1OC1CCC(C)(C)CC1. The Morgan fingerprint density at radius 2 is 2.00 bits per heavy atom. The molecular formula is C15H23ClN2O. The number of ether oxygens (including phenoxy) is 1. The minimum atomic E-state index is 0.273. The number of nitrogens with zero attached hydrogens (tertiary/aromatic N) is 2. The third-order valence-electron chi connectivity index (χ3n) is 3.92. The van der Waals surface area contributed by atoms with Crippen molar-refractivity contribution >= 4 is 11.6 Å². The number of hydrogen-bond acceptors (Lipinski definition) is 3. The minimum Gasteiger partial charge on any atom is -0.474 e. The first kappa shape index (κ1) is 14.6. The first-order valence-electron chi connectivity index (χ1n) is 7.18. The largest absolute Gasteiger partial charge is 0.474 e. The molecule has 3 nitrogen and oxygen atoms in total. The van der Waals surface area contributed by atoms with Gasteiger partial charge in [0, 0.05) is 0 Å². The molecule has 0 radical (unpaired) electrons. The maximum Gasteiger partial charge on any atom is 0.221 e. The van der Waals surface area contributed by atoms with Crippen LogP contribution in [0.25, 0.3) is 0 Å². The van der Waals surface area contributed by atoms with Gasteiger partial charge < -0.3 is 4.74 Å². The van der Waals surface area contributed by atoms with Crippen LogP contribution >= 0.6 is 11.6 Å². The van der Waals surface area contributed by atoms with Crippen LogP contribution in [-0.2, 0) is 6.42 Å². The van der Waals surface area contributed by atoms with Crippen molar-refractivity contribution in [3.8, 4) is 5.88 Å². The van der Waals surface area contributed by atoms with E-state index in [1.54, 1.807) is 0 Å². The van der Waals surface area contributed by atoms with Crippen molar-refractivity contribution in [2.24, 2.45) is 5.41 Å². The van der Waals surface area contributed by atoms with E-state index in [0.717, 1.165) is 31.2 Å². The summed E-state index contributed by atoms with van der Waals surface area (Å²) in [4.78, 5) is 8.32. The van der Waals surface area contributed by atoms with Crippen LogP contribution in [0.2, 0.25) is 5.15 Å².